The molecule has 3 N–H and O–H groups in total. The lowest BCUT2D eigenvalue weighted by atomic mass is 10.0. The Labute approximate surface area is 363 Å². The van der Waals surface area contributed by atoms with Crippen molar-refractivity contribution < 1.29 is 24.5 Å². The summed E-state index contributed by atoms with van der Waals surface area (Å²) in [6.07, 6.45) is 60.4. The number of aliphatic hydroxyl groups is 2. The highest BCUT2D eigenvalue weighted by atomic mass is 16.5. The van der Waals surface area contributed by atoms with E-state index in [2.05, 4.69) is 117 Å². The van der Waals surface area contributed by atoms with Crippen molar-refractivity contribution in [1.29, 1.82) is 0 Å². The Balaban J connectivity index is 4.78. The van der Waals surface area contributed by atoms with E-state index in [0.717, 1.165) is 103 Å². The second-order valence-corrected chi connectivity index (χ2v) is 15.7. The van der Waals surface area contributed by atoms with Gasteiger partial charge in [-0.05, 0) is 89.9 Å². The van der Waals surface area contributed by atoms with Crippen molar-refractivity contribution in [1.82, 2.24) is 5.32 Å². The zero-order valence-corrected chi connectivity index (χ0v) is 38.1. The molecule has 0 aliphatic rings. The minimum atomic E-state index is -0.810. The zero-order valence-electron chi connectivity index (χ0n) is 38.1. The Hall–Kier alpha value is -3.22. The van der Waals surface area contributed by atoms with E-state index in [9.17, 15) is 19.8 Å². The molecule has 59 heavy (non-hydrogen) atoms. The molecule has 6 heteroatoms. The van der Waals surface area contributed by atoms with Gasteiger partial charge in [-0.2, -0.15) is 0 Å². The third-order valence-corrected chi connectivity index (χ3v) is 10.2. The molecule has 0 aromatic heterocycles. The summed E-state index contributed by atoms with van der Waals surface area (Å²) in [7, 11) is 0. The van der Waals surface area contributed by atoms with Crippen molar-refractivity contribution in [3.05, 3.63) is 97.2 Å². The normalized spacial score (nSPS) is 14.2. The van der Waals surface area contributed by atoms with Gasteiger partial charge in [0.2, 0.25) is 5.91 Å². The number of carbonyl (C=O) groups is 2. The van der Waals surface area contributed by atoms with Crippen molar-refractivity contribution in [2.24, 2.45) is 0 Å². The van der Waals surface area contributed by atoms with Crippen molar-refractivity contribution in [3.63, 3.8) is 0 Å². The maximum Gasteiger partial charge on any atom is 0.306 e. The average molecular weight is 820 g/mol. The number of esters is 1. The number of unbranched alkanes of at least 4 members (excludes halogenated alkanes) is 13. The van der Waals surface area contributed by atoms with Crippen molar-refractivity contribution in [2.45, 2.75) is 219 Å². The fourth-order valence-corrected chi connectivity index (χ4v) is 6.61. The quantitative estimate of drug-likeness (QED) is 0.0324. The van der Waals surface area contributed by atoms with Gasteiger partial charge in [0, 0.05) is 6.42 Å². The van der Waals surface area contributed by atoms with Crippen LogP contribution in [0, 0.1) is 0 Å². The minimum Gasteiger partial charge on any atom is -0.462 e. The minimum absolute atomic E-state index is 0.0272. The van der Waals surface area contributed by atoms with Gasteiger partial charge in [0.05, 0.1) is 25.2 Å². The maximum absolute atomic E-state index is 13.1. The van der Waals surface area contributed by atoms with E-state index in [4.69, 9.17) is 4.74 Å². The van der Waals surface area contributed by atoms with Crippen molar-refractivity contribution in [3.8, 4) is 0 Å². The highest BCUT2D eigenvalue weighted by molar-refractivity contribution is 5.77. The third kappa shape index (κ3) is 41.3. The van der Waals surface area contributed by atoms with Gasteiger partial charge in [0.15, 0.2) is 0 Å². The van der Waals surface area contributed by atoms with E-state index in [1.54, 1.807) is 0 Å². The van der Waals surface area contributed by atoms with Crippen LogP contribution >= 0.6 is 0 Å². The Morgan fingerprint density at radius 2 is 0.915 bits per heavy atom. The second-order valence-electron chi connectivity index (χ2n) is 15.7. The maximum atomic E-state index is 13.1. The summed E-state index contributed by atoms with van der Waals surface area (Å²) >= 11 is 0. The van der Waals surface area contributed by atoms with Crippen LogP contribution in [0.25, 0.3) is 0 Å². The molecule has 0 bridgehead atoms. The summed E-state index contributed by atoms with van der Waals surface area (Å²) in [6, 6.07) is -0.728. The second kappa shape index (κ2) is 45.9. The van der Waals surface area contributed by atoms with Crippen LogP contribution in [0.3, 0.4) is 0 Å². The van der Waals surface area contributed by atoms with Crippen LogP contribution in [0.1, 0.15) is 201 Å². The van der Waals surface area contributed by atoms with E-state index >= 15 is 0 Å². The van der Waals surface area contributed by atoms with E-state index in [-0.39, 0.29) is 31.3 Å². The first-order chi connectivity index (χ1) is 29.0. The SMILES string of the molecule is CC/C=C/C/C=C/C/C=C/C/C=C/C/C=C/CCC(=O)OC(CCCCCC/C=C/C/C=C/C/C=C/CC)CC(=O)NC(CO)C(O)CCCCCCCCCCCC. The number of hydrogen-bond donors (Lipinski definition) is 3. The predicted molar refractivity (Wildman–Crippen MR) is 254 cm³/mol. The largest absolute Gasteiger partial charge is 0.462 e. The number of rotatable bonds is 41. The number of aliphatic hydroxyl groups excluding tert-OH is 2. The number of amides is 1. The van der Waals surface area contributed by atoms with Gasteiger partial charge in [-0.25, -0.2) is 0 Å². The standard InChI is InChI=1S/C53H89NO5/c1-4-7-10-13-16-19-22-24-26-27-29-31-34-37-40-43-46-53(58)59-49(44-41-38-35-32-30-28-25-23-20-17-14-11-8-5-2)47-52(57)54-50(48-55)51(56)45-42-39-36-33-21-18-15-12-9-6-3/h7-8,10-11,16-17,19-20,24-26,28-29,31,37,40,49-51,55-56H,4-6,9,12-15,18,21-23,27,30,32-36,38-39,41-48H2,1-3H3,(H,54,57)/b10-7+,11-8+,19-16+,20-17+,26-24+,28-25+,31-29+,40-37+. The molecular weight excluding hydrogens is 731 g/mol. The van der Waals surface area contributed by atoms with Gasteiger partial charge in [-0.15, -0.1) is 0 Å². The fourth-order valence-electron chi connectivity index (χ4n) is 6.61. The van der Waals surface area contributed by atoms with Crippen LogP contribution < -0.4 is 5.32 Å². The third-order valence-electron chi connectivity index (χ3n) is 10.2. The molecule has 336 valence electrons. The molecule has 0 aromatic carbocycles. The molecule has 0 aromatic rings. The number of nitrogens with one attached hydrogen (secondary N) is 1. The smallest absolute Gasteiger partial charge is 0.306 e. The highest BCUT2D eigenvalue weighted by Gasteiger charge is 2.24. The summed E-state index contributed by atoms with van der Waals surface area (Å²) in [6.45, 7) is 6.20. The van der Waals surface area contributed by atoms with Gasteiger partial charge in [0.1, 0.15) is 6.10 Å². The molecule has 1 amide bonds. The van der Waals surface area contributed by atoms with Gasteiger partial charge in [-0.3, -0.25) is 9.59 Å². The number of hydrogen-bond acceptors (Lipinski definition) is 5. The van der Waals surface area contributed by atoms with Gasteiger partial charge in [-0.1, -0.05) is 195 Å². The Bertz CT molecular complexity index is 1190. The summed E-state index contributed by atoms with van der Waals surface area (Å²) in [5, 5.41) is 23.6. The summed E-state index contributed by atoms with van der Waals surface area (Å²) in [4.78, 5) is 26.0. The zero-order chi connectivity index (χ0) is 43.1. The molecule has 0 fully saturated rings. The van der Waals surface area contributed by atoms with Crippen LogP contribution in [0.2, 0.25) is 0 Å². The Kier molecular flexibility index (Phi) is 43.4. The molecule has 0 heterocycles. The molecule has 0 saturated carbocycles. The summed E-state index contributed by atoms with van der Waals surface area (Å²) < 4.78 is 5.86. The number of ether oxygens (including phenoxy) is 1. The number of carbonyl (C=O) groups excluding carboxylic acids is 2. The van der Waals surface area contributed by atoms with E-state index in [0.29, 0.717) is 19.3 Å². The van der Waals surface area contributed by atoms with Gasteiger partial charge in [0.25, 0.3) is 0 Å². The summed E-state index contributed by atoms with van der Waals surface area (Å²) in [5.41, 5.74) is 0. The van der Waals surface area contributed by atoms with Crippen LogP contribution in [0.4, 0.5) is 0 Å². The van der Waals surface area contributed by atoms with E-state index in [1.807, 2.05) is 6.08 Å². The Morgan fingerprint density at radius 3 is 1.39 bits per heavy atom. The van der Waals surface area contributed by atoms with Gasteiger partial charge >= 0.3 is 5.97 Å². The first-order valence-electron chi connectivity index (χ1n) is 24.0. The van der Waals surface area contributed by atoms with Crippen LogP contribution in [0.15, 0.2) is 97.2 Å². The van der Waals surface area contributed by atoms with Crippen LogP contribution in [-0.4, -0.2) is 46.9 Å². The molecule has 0 rings (SSSR count). The topological polar surface area (TPSA) is 95.9 Å². The Morgan fingerprint density at radius 1 is 0.508 bits per heavy atom. The van der Waals surface area contributed by atoms with Crippen molar-refractivity contribution in [2.75, 3.05) is 6.61 Å². The molecule has 0 saturated heterocycles. The first-order valence-corrected chi connectivity index (χ1v) is 24.0. The molecule has 3 unspecified atom stereocenters. The lowest BCUT2D eigenvalue weighted by Crippen LogP contribution is -2.46. The predicted octanol–water partition coefficient (Wildman–Crippen LogP) is 14.2. The molecule has 3 atom stereocenters. The molecule has 0 radical (unpaired) electrons. The van der Waals surface area contributed by atoms with Crippen molar-refractivity contribution >= 4 is 11.9 Å². The van der Waals surface area contributed by atoms with Gasteiger partial charge < -0.3 is 20.3 Å². The lowest BCUT2D eigenvalue weighted by molar-refractivity contribution is -0.150. The molecule has 6 nitrogen and oxygen atoms in total. The van der Waals surface area contributed by atoms with Crippen LogP contribution in [-0.2, 0) is 14.3 Å². The average Bonchev–Trinajstić information content (AvgIpc) is 3.23. The highest BCUT2D eigenvalue weighted by Crippen LogP contribution is 2.16. The van der Waals surface area contributed by atoms with Crippen LogP contribution in [0.5, 0.6) is 0 Å². The first kappa shape index (κ1) is 55.8. The molecule has 0 aliphatic heterocycles. The van der Waals surface area contributed by atoms with E-state index < -0.39 is 18.2 Å². The summed E-state index contributed by atoms with van der Waals surface area (Å²) in [5.74, 6) is -0.605. The monoisotopic (exact) mass is 820 g/mol. The number of allylic oxidation sites excluding steroid dienone is 16. The lowest BCUT2D eigenvalue weighted by Gasteiger charge is -2.24. The molecule has 0 spiro atoms. The fraction of sp³-hybridized carbons (Fsp3) is 0.660. The van der Waals surface area contributed by atoms with E-state index in [1.165, 1.54) is 44.9 Å². The molecular formula is C53H89NO5. The molecule has 0 aliphatic carbocycles.